The zero-order valence-corrected chi connectivity index (χ0v) is 11.4. The molecule has 0 saturated carbocycles. The molecule has 0 saturated heterocycles. The Morgan fingerprint density at radius 1 is 1.15 bits per heavy atom. The molecule has 0 bridgehead atoms. The number of sulfonamides is 1. The molecule has 20 heavy (non-hydrogen) atoms. The predicted octanol–water partition coefficient (Wildman–Crippen LogP) is 0.747. The van der Waals surface area contributed by atoms with Crippen LogP contribution in [0, 0.1) is 6.92 Å². The molecule has 0 spiro atoms. The molecule has 3 aromatic rings. The van der Waals surface area contributed by atoms with Crippen molar-refractivity contribution in [1.82, 2.24) is 19.6 Å². The lowest BCUT2D eigenvalue weighted by Gasteiger charge is -2.04. The number of rotatable bonds is 2. The maximum absolute atomic E-state index is 11.2. The quantitative estimate of drug-likeness (QED) is 0.749. The fourth-order valence-corrected chi connectivity index (χ4v) is 2.43. The van der Waals surface area contributed by atoms with Crippen LogP contribution in [0.5, 0.6) is 0 Å². The van der Waals surface area contributed by atoms with Crippen LogP contribution in [0.25, 0.3) is 17.0 Å². The van der Waals surface area contributed by atoms with Crippen molar-refractivity contribution in [1.29, 1.82) is 0 Å². The topological polar surface area (TPSA) is 103 Å². The lowest BCUT2D eigenvalue weighted by atomic mass is 10.2. The van der Waals surface area contributed by atoms with Gasteiger partial charge in [0.05, 0.1) is 4.90 Å². The molecule has 8 heteroatoms. The van der Waals surface area contributed by atoms with E-state index < -0.39 is 10.0 Å². The molecular weight excluding hydrogens is 278 g/mol. The first kappa shape index (κ1) is 12.7. The van der Waals surface area contributed by atoms with Crippen molar-refractivity contribution in [2.45, 2.75) is 11.8 Å². The van der Waals surface area contributed by atoms with E-state index >= 15 is 0 Å². The Labute approximate surface area is 115 Å². The van der Waals surface area contributed by atoms with Gasteiger partial charge in [0.15, 0.2) is 11.5 Å². The Hall–Kier alpha value is -2.32. The Bertz CT molecular complexity index is 884. The van der Waals surface area contributed by atoms with Crippen LogP contribution in [0.4, 0.5) is 0 Å². The molecule has 1 aromatic carbocycles. The van der Waals surface area contributed by atoms with E-state index in [0.29, 0.717) is 17.3 Å². The Balaban J connectivity index is 2.16. The van der Waals surface area contributed by atoms with Crippen LogP contribution in [0.1, 0.15) is 5.82 Å². The lowest BCUT2D eigenvalue weighted by Crippen LogP contribution is -2.11. The number of benzene rings is 1. The Kier molecular flexibility index (Phi) is 2.77. The second-order valence-electron chi connectivity index (χ2n) is 4.27. The van der Waals surface area contributed by atoms with Crippen molar-refractivity contribution < 1.29 is 8.42 Å². The summed E-state index contributed by atoms with van der Waals surface area (Å²) in [6.45, 7) is 1.79. The number of aryl methyl sites for hydroxylation is 1. The summed E-state index contributed by atoms with van der Waals surface area (Å²) in [4.78, 5) is 8.57. The molecule has 0 aliphatic heterocycles. The molecule has 2 N–H and O–H groups in total. The van der Waals surface area contributed by atoms with Gasteiger partial charge < -0.3 is 0 Å². The number of nitrogens with zero attached hydrogens (tertiary/aromatic N) is 4. The average Bonchev–Trinajstić information content (AvgIpc) is 2.78. The van der Waals surface area contributed by atoms with Gasteiger partial charge in [-0.05, 0) is 31.2 Å². The third-order valence-corrected chi connectivity index (χ3v) is 3.73. The van der Waals surface area contributed by atoms with Crippen LogP contribution >= 0.6 is 0 Å². The summed E-state index contributed by atoms with van der Waals surface area (Å²) in [5.74, 6) is 1.23. The first-order chi connectivity index (χ1) is 9.45. The molecule has 3 rings (SSSR count). The van der Waals surface area contributed by atoms with Gasteiger partial charge in [0.2, 0.25) is 10.0 Å². The van der Waals surface area contributed by atoms with Gasteiger partial charge in [0.1, 0.15) is 5.82 Å². The molecule has 2 aromatic heterocycles. The number of hydrogen-bond donors (Lipinski definition) is 1. The average molecular weight is 289 g/mol. The van der Waals surface area contributed by atoms with E-state index in [2.05, 4.69) is 15.1 Å². The van der Waals surface area contributed by atoms with Crippen LogP contribution in [-0.4, -0.2) is 28.0 Å². The van der Waals surface area contributed by atoms with Crippen molar-refractivity contribution in [2.75, 3.05) is 0 Å². The highest BCUT2D eigenvalue weighted by Gasteiger charge is 2.11. The Morgan fingerprint density at radius 3 is 2.50 bits per heavy atom. The smallest absolute Gasteiger partial charge is 0.236 e. The molecule has 0 atom stereocenters. The van der Waals surface area contributed by atoms with E-state index in [0.717, 1.165) is 5.56 Å². The summed E-state index contributed by atoms with van der Waals surface area (Å²) in [6, 6.07) is 7.91. The third-order valence-electron chi connectivity index (χ3n) is 2.80. The van der Waals surface area contributed by atoms with Crippen molar-refractivity contribution in [3.63, 3.8) is 0 Å². The maximum Gasteiger partial charge on any atom is 0.238 e. The minimum absolute atomic E-state index is 0.0585. The zero-order chi connectivity index (χ0) is 14.3. The van der Waals surface area contributed by atoms with Crippen molar-refractivity contribution in [2.24, 2.45) is 5.14 Å². The first-order valence-electron chi connectivity index (χ1n) is 5.77. The van der Waals surface area contributed by atoms with E-state index in [4.69, 9.17) is 5.14 Å². The van der Waals surface area contributed by atoms with E-state index in [1.165, 1.54) is 12.1 Å². The van der Waals surface area contributed by atoms with Gasteiger partial charge in [-0.25, -0.2) is 23.5 Å². The van der Waals surface area contributed by atoms with Crippen molar-refractivity contribution in [3.05, 3.63) is 42.4 Å². The molecule has 0 unspecified atom stereocenters. The van der Waals surface area contributed by atoms with E-state index in [1.807, 2.05) is 0 Å². The van der Waals surface area contributed by atoms with E-state index in [1.54, 1.807) is 35.8 Å². The monoisotopic (exact) mass is 289 g/mol. The zero-order valence-electron chi connectivity index (χ0n) is 10.6. The van der Waals surface area contributed by atoms with Gasteiger partial charge in [0, 0.05) is 17.8 Å². The summed E-state index contributed by atoms with van der Waals surface area (Å²) in [5.41, 5.74) is 1.41. The fourth-order valence-electron chi connectivity index (χ4n) is 1.91. The maximum atomic E-state index is 11.2. The number of nitrogens with two attached hydrogens (primary N) is 1. The van der Waals surface area contributed by atoms with Crippen LogP contribution in [-0.2, 0) is 10.0 Å². The minimum atomic E-state index is -3.70. The molecule has 102 valence electrons. The van der Waals surface area contributed by atoms with Gasteiger partial charge in [0.25, 0.3) is 0 Å². The normalized spacial score (nSPS) is 11.9. The molecule has 0 aliphatic rings. The van der Waals surface area contributed by atoms with Gasteiger partial charge >= 0.3 is 0 Å². The summed E-state index contributed by atoms with van der Waals surface area (Å²) in [5, 5.41) is 9.33. The number of hydrogen-bond acceptors (Lipinski definition) is 5. The number of fused-ring (bicyclic) bond motifs is 1. The second-order valence-corrected chi connectivity index (χ2v) is 5.83. The van der Waals surface area contributed by atoms with Crippen LogP contribution in [0.15, 0.2) is 41.4 Å². The second kappa shape index (κ2) is 4.36. The molecule has 2 heterocycles. The highest BCUT2D eigenvalue weighted by atomic mass is 32.2. The predicted molar refractivity (Wildman–Crippen MR) is 72.3 cm³/mol. The number of primary sulfonamides is 1. The summed E-state index contributed by atoms with van der Waals surface area (Å²) in [7, 11) is -3.70. The van der Waals surface area contributed by atoms with E-state index in [-0.39, 0.29) is 4.90 Å². The highest BCUT2D eigenvalue weighted by Crippen LogP contribution is 2.19. The molecule has 7 nitrogen and oxygen atoms in total. The Morgan fingerprint density at radius 2 is 1.85 bits per heavy atom. The molecule has 0 aliphatic carbocycles. The summed E-state index contributed by atoms with van der Waals surface area (Å²) in [6.07, 6.45) is 1.63. The lowest BCUT2D eigenvalue weighted by molar-refractivity contribution is 0.598. The van der Waals surface area contributed by atoms with E-state index in [9.17, 15) is 8.42 Å². The van der Waals surface area contributed by atoms with Gasteiger partial charge in [-0.3, -0.25) is 0 Å². The van der Waals surface area contributed by atoms with Crippen LogP contribution in [0.2, 0.25) is 0 Å². The summed E-state index contributed by atoms with van der Waals surface area (Å²) >= 11 is 0. The fraction of sp³-hybridized carbons (Fsp3) is 0.0833. The van der Waals surface area contributed by atoms with Gasteiger partial charge in [-0.1, -0.05) is 0 Å². The largest absolute Gasteiger partial charge is 0.238 e. The minimum Gasteiger partial charge on any atom is -0.236 e. The molecule has 0 radical (unpaired) electrons. The standard InChI is InChI=1S/C12H11N5O2S/c1-8-15-11-6-7-14-12(17(11)16-8)9-2-4-10(5-3-9)20(13,18)19/h2-7H,1H3,(H2,13,18,19). The van der Waals surface area contributed by atoms with Gasteiger partial charge in [-0.15, -0.1) is 5.10 Å². The summed E-state index contributed by atoms with van der Waals surface area (Å²) < 4.78 is 24.1. The number of aromatic nitrogens is 4. The van der Waals surface area contributed by atoms with Crippen LogP contribution < -0.4 is 5.14 Å². The molecular formula is C12H11N5O2S. The highest BCUT2D eigenvalue weighted by molar-refractivity contribution is 7.89. The van der Waals surface area contributed by atoms with Crippen LogP contribution in [0.3, 0.4) is 0 Å². The first-order valence-corrected chi connectivity index (χ1v) is 7.31. The van der Waals surface area contributed by atoms with Crippen molar-refractivity contribution in [3.8, 4) is 11.4 Å². The SMILES string of the molecule is Cc1nc2ccnc(-c3ccc(S(N)(=O)=O)cc3)n2n1. The van der Waals surface area contributed by atoms with Gasteiger partial charge in [-0.2, -0.15) is 4.52 Å². The molecule has 0 amide bonds. The van der Waals surface area contributed by atoms with Crippen molar-refractivity contribution >= 4 is 15.7 Å². The molecule has 0 fully saturated rings. The third kappa shape index (κ3) is 2.15.